The highest BCUT2D eigenvalue weighted by Gasteiger charge is 2.25. The second kappa shape index (κ2) is 14.8. The quantitative estimate of drug-likeness (QED) is 0.388. The first-order chi connectivity index (χ1) is 17.5. The molecule has 3 N–H and O–H groups in total. The molecular weight excluding hydrogens is 456 g/mol. The minimum atomic E-state index is -0.577. The van der Waals surface area contributed by atoms with Crippen LogP contribution < -0.4 is 10.6 Å². The van der Waals surface area contributed by atoms with Gasteiger partial charge in [-0.2, -0.15) is 0 Å². The van der Waals surface area contributed by atoms with Crippen LogP contribution in [-0.4, -0.2) is 48.2 Å². The molecule has 1 aliphatic rings. The average Bonchev–Trinajstić information content (AvgIpc) is 2.89. The number of ether oxygens (including phenoxy) is 1. The van der Waals surface area contributed by atoms with Crippen LogP contribution in [0.25, 0.3) is 0 Å². The van der Waals surface area contributed by atoms with Gasteiger partial charge in [0.05, 0.1) is 24.6 Å². The molecule has 7 nitrogen and oxygen atoms in total. The lowest BCUT2D eigenvalue weighted by atomic mass is 9.97. The monoisotopic (exact) mass is 492 g/mol. The number of carbonyl (C=O) groups is 3. The molecule has 2 aromatic carbocycles. The number of cyclic esters (lactones) is 1. The molecule has 0 spiro atoms. The van der Waals surface area contributed by atoms with Crippen molar-refractivity contribution in [2.75, 3.05) is 13.2 Å². The van der Waals surface area contributed by atoms with Gasteiger partial charge in [-0.1, -0.05) is 72.8 Å². The molecule has 2 aromatic rings. The third-order valence-electron chi connectivity index (χ3n) is 6.17. The number of amides is 2. The zero-order valence-corrected chi connectivity index (χ0v) is 20.6. The number of allylic oxidation sites excluding steroid dienone is 2. The molecule has 1 heterocycles. The maximum Gasteiger partial charge on any atom is 0.305 e. The summed E-state index contributed by atoms with van der Waals surface area (Å²) >= 11 is 0. The van der Waals surface area contributed by atoms with Crippen molar-refractivity contribution in [2.45, 2.75) is 57.0 Å². The zero-order chi connectivity index (χ0) is 25.6. The number of aliphatic hydroxyl groups is 1. The predicted molar refractivity (Wildman–Crippen MR) is 138 cm³/mol. The van der Waals surface area contributed by atoms with Crippen molar-refractivity contribution in [2.24, 2.45) is 5.92 Å². The molecule has 0 saturated carbocycles. The van der Waals surface area contributed by atoms with E-state index in [2.05, 4.69) is 10.6 Å². The Kier molecular flexibility index (Phi) is 11.2. The fraction of sp³-hybridized carbons (Fsp3) is 0.414. The molecule has 0 bridgehead atoms. The molecule has 0 saturated heterocycles. The third kappa shape index (κ3) is 9.66. The Morgan fingerprint density at radius 3 is 2.42 bits per heavy atom. The molecule has 3 rings (SSSR count). The van der Waals surface area contributed by atoms with Crippen molar-refractivity contribution in [3.8, 4) is 0 Å². The second-order valence-corrected chi connectivity index (χ2v) is 9.22. The third-order valence-corrected chi connectivity index (χ3v) is 6.17. The van der Waals surface area contributed by atoms with E-state index in [0.717, 1.165) is 11.1 Å². The lowest BCUT2D eigenvalue weighted by molar-refractivity contribution is -0.145. The molecule has 0 unspecified atom stereocenters. The fourth-order valence-electron chi connectivity index (χ4n) is 4.23. The Labute approximate surface area is 212 Å². The summed E-state index contributed by atoms with van der Waals surface area (Å²) in [6.45, 7) is -0.114. The van der Waals surface area contributed by atoms with Crippen LogP contribution in [0.5, 0.6) is 0 Å². The van der Waals surface area contributed by atoms with Crippen molar-refractivity contribution in [3.63, 3.8) is 0 Å². The van der Waals surface area contributed by atoms with E-state index in [-0.39, 0.29) is 37.4 Å². The summed E-state index contributed by atoms with van der Waals surface area (Å²) < 4.78 is 5.44. The van der Waals surface area contributed by atoms with Crippen LogP contribution in [0.15, 0.2) is 72.8 Å². The van der Waals surface area contributed by atoms with Gasteiger partial charge in [0.15, 0.2) is 0 Å². The summed E-state index contributed by atoms with van der Waals surface area (Å²) in [4.78, 5) is 38.2. The molecule has 0 fully saturated rings. The number of rotatable bonds is 8. The SMILES string of the molecule is O=C(C[C@H]1CC=CCCCC(=O)OC[C@H](Cc2ccccc2)NC1=O)N[C@@H](CO)Cc1ccccc1. The first-order valence-corrected chi connectivity index (χ1v) is 12.6. The van der Waals surface area contributed by atoms with Gasteiger partial charge in [0, 0.05) is 12.8 Å². The van der Waals surface area contributed by atoms with Crippen LogP contribution >= 0.6 is 0 Å². The molecular formula is C29H36N2O5. The summed E-state index contributed by atoms with van der Waals surface area (Å²) in [5.41, 5.74) is 2.03. The summed E-state index contributed by atoms with van der Waals surface area (Å²) in [7, 11) is 0. The number of nitrogens with one attached hydrogen (secondary N) is 2. The van der Waals surface area contributed by atoms with E-state index in [9.17, 15) is 19.5 Å². The van der Waals surface area contributed by atoms with E-state index < -0.39 is 18.0 Å². The summed E-state index contributed by atoms with van der Waals surface area (Å²) in [6.07, 6.45) is 6.97. The van der Waals surface area contributed by atoms with Gasteiger partial charge < -0.3 is 20.5 Å². The summed E-state index contributed by atoms with van der Waals surface area (Å²) in [5, 5.41) is 15.7. The second-order valence-electron chi connectivity index (χ2n) is 9.22. The van der Waals surface area contributed by atoms with Gasteiger partial charge >= 0.3 is 5.97 Å². The van der Waals surface area contributed by atoms with Crippen molar-refractivity contribution in [1.82, 2.24) is 10.6 Å². The molecule has 3 atom stereocenters. The number of benzene rings is 2. The molecule has 0 aliphatic carbocycles. The van der Waals surface area contributed by atoms with Crippen LogP contribution in [0.4, 0.5) is 0 Å². The van der Waals surface area contributed by atoms with Crippen LogP contribution in [0.1, 0.15) is 43.2 Å². The Balaban J connectivity index is 1.67. The molecule has 0 aromatic heterocycles. The minimum absolute atomic E-state index is 0.000687. The Morgan fingerprint density at radius 2 is 1.72 bits per heavy atom. The molecule has 192 valence electrons. The standard InChI is InChI=1S/C29H36N2O5/c32-20-25(17-22-11-5-3-6-12-22)30-27(33)19-24-15-9-1-2-10-16-28(34)36-21-26(31-29(24)35)18-23-13-7-4-8-14-23/h1,3-9,11-14,24-26,32H,2,10,15-21H2,(H,30,33)(H,31,35)/t24-,25-,26+/m1/s1. The van der Waals surface area contributed by atoms with Crippen molar-refractivity contribution < 1.29 is 24.2 Å². The normalized spacial score (nSPS) is 20.1. The lowest BCUT2D eigenvalue weighted by Gasteiger charge is -2.23. The van der Waals surface area contributed by atoms with E-state index in [1.54, 1.807) is 0 Å². The summed E-state index contributed by atoms with van der Waals surface area (Å²) in [6, 6.07) is 18.5. The number of hydrogen-bond donors (Lipinski definition) is 3. The van der Waals surface area contributed by atoms with E-state index in [4.69, 9.17) is 4.74 Å². The van der Waals surface area contributed by atoms with Crippen LogP contribution in [0.2, 0.25) is 0 Å². The maximum absolute atomic E-state index is 13.3. The molecule has 7 heteroatoms. The van der Waals surface area contributed by atoms with E-state index >= 15 is 0 Å². The van der Waals surface area contributed by atoms with Crippen molar-refractivity contribution in [1.29, 1.82) is 0 Å². The number of carbonyl (C=O) groups excluding carboxylic acids is 3. The van der Waals surface area contributed by atoms with Gasteiger partial charge in [-0.15, -0.1) is 0 Å². The van der Waals surface area contributed by atoms with Gasteiger partial charge in [-0.3, -0.25) is 14.4 Å². The topological polar surface area (TPSA) is 105 Å². The first-order valence-electron chi connectivity index (χ1n) is 12.6. The van der Waals surface area contributed by atoms with Crippen LogP contribution in [0.3, 0.4) is 0 Å². The predicted octanol–water partition coefficient (Wildman–Crippen LogP) is 3.11. The first kappa shape index (κ1) is 27.1. The highest BCUT2D eigenvalue weighted by atomic mass is 16.5. The van der Waals surface area contributed by atoms with Gasteiger partial charge in [0.1, 0.15) is 6.61 Å². The average molecular weight is 493 g/mol. The van der Waals surface area contributed by atoms with Crippen LogP contribution in [0, 0.1) is 5.92 Å². The van der Waals surface area contributed by atoms with Gasteiger partial charge in [0.2, 0.25) is 11.8 Å². The minimum Gasteiger partial charge on any atom is -0.463 e. The number of aliphatic hydroxyl groups excluding tert-OH is 1. The Hall–Kier alpha value is -3.45. The molecule has 0 radical (unpaired) electrons. The van der Waals surface area contributed by atoms with Crippen LogP contribution in [-0.2, 0) is 32.0 Å². The van der Waals surface area contributed by atoms with E-state index in [1.165, 1.54) is 0 Å². The maximum atomic E-state index is 13.3. The fourth-order valence-corrected chi connectivity index (χ4v) is 4.23. The smallest absolute Gasteiger partial charge is 0.305 e. The lowest BCUT2D eigenvalue weighted by Crippen LogP contribution is -2.45. The number of hydrogen-bond acceptors (Lipinski definition) is 5. The Morgan fingerprint density at radius 1 is 1.03 bits per heavy atom. The van der Waals surface area contributed by atoms with E-state index in [1.807, 2.05) is 72.8 Å². The van der Waals surface area contributed by atoms with E-state index in [0.29, 0.717) is 38.5 Å². The van der Waals surface area contributed by atoms with Gasteiger partial charge in [0.25, 0.3) is 0 Å². The molecule has 36 heavy (non-hydrogen) atoms. The summed E-state index contributed by atoms with van der Waals surface area (Å²) in [5.74, 6) is -1.39. The van der Waals surface area contributed by atoms with Gasteiger partial charge in [-0.25, -0.2) is 0 Å². The zero-order valence-electron chi connectivity index (χ0n) is 20.6. The van der Waals surface area contributed by atoms with Crippen molar-refractivity contribution in [3.05, 3.63) is 83.9 Å². The molecule has 1 aliphatic heterocycles. The van der Waals surface area contributed by atoms with Gasteiger partial charge in [-0.05, 0) is 43.2 Å². The highest BCUT2D eigenvalue weighted by Crippen LogP contribution is 2.15. The van der Waals surface area contributed by atoms with Crippen molar-refractivity contribution >= 4 is 17.8 Å². The largest absolute Gasteiger partial charge is 0.463 e. The number of esters is 1. The highest BCUT2D eigenvalue weighted by molar-refractivity contribution is 5.86. The molecule has 2 amide bonds. The Bertz CT molecular complexity index is 993.